The van der Waals surface area contributed by atoms with Crippen molar-refractivity contribution in [2.75, 3.05) is 11.9 Å². The summed E-state index contributed by atoms with van der Waals surface area (Å²) in [7, 11) is 1.64. The number of anilines is 1. The van der Waals surface area contributed by atoms with Gasteiger partial charge in [0.1, 0.15) is 11.4 Å². The molecule has 0 atom stereocenters. The van der Waals surface area contributed by atoms with Gasteiger partial charge in [0.2, 0.25) is 0 Å². The normalized spacial score (nSPS) is 24.4. The van der Waals surface area contributed by atoms with Gasteiger partial charge in [-0.25, -0.2) is 0 Å². The van der Waals surface area contributed by atoms with E-state index in [9.17, 15) is 9.59 Å². The number of aryl methyl sites for hydroxylation is 1. The Morgan fingerprint density at radius 3 is 2.77 bits per heavy atom. The zero-order chi connectivity index (χ0) is 22.0. The SMILES string of the molecule is CC(C)Oc1cc2nn(C34COC(C)(C3)C4)cc2cc1C(=O)Nc1cccn(C)c1=O. The Hall–Kier alpha value is -3.13. The molecule has 8 nitrogen and oxygen atoms in total. The van der Waals surface area contributed by atoms with E-state index in [1.54, 1.807) is 37.5 Å². The van der Waals surface area contributed by atoms with E-state index in [0.717, 1.165) is 23.7 Å². The average molecular weight is 422 g/mol. The topological polar surface area (TPSA) is 87.4 Å². The summed E-state index contributed by atoms with van der Waals surface area (Å²) in [4.78, 5) is 25.4. The quantitative estimate of drug-likeness (QED) is 0.683. The number of ether oxygens (including phenoxy) is 2. The number of fused-ring (bicyclic) bond motifs is 2. The number of hydrogen-bond acceptors (Lipinski definition) is 5. The van der Waals surface area contributed by atoms with E-state index in [0.29, 0.717) is 17.9 Å². The van der Waals surface area contributed by atoms with Crippen LogP contribution in [0.4, 0.5) is 5.69 Å². The van der Waals surface area contributed by atoms with Crippen LogP contribution >= 0.6 is 0 Å². The predicted octanol–water partition coefficient (Wildman–Crippen LogP) is 3.05. The summed E-state index contributed by atoms with van der Waals surface area (Å²) in [5.74, 6) is 0.0452. The van der Waals surface area contributed by atoms with E-state index in [2.05, 4.69) is 12.2 Å². The second kappa shape index (κ2) is 6.68. The number of benzene rings is 1. The molecule has 6 rings (SSSR count). The number of pyridine rings is 1. The number of nitrogens with zero attached hydrogens (tertiary/aromatic N) is 3. The van der Waals surface area contributed by atoms with Gasteiger partial charge < -0.3 is 19.4 Å². The Bertz CT molecular complexity index is 1250. The summed E-state index contributed by atoms with van der Waals surface area (Å²) >= 11 is 0. The van der Waals surface area contributed by atoms with Crippen LogP contribution in [0.5, 0.6) is 5.75 Å². The molecular weight excluding hydrogens is 396 g/mol. The smallest absolute Gasteiger partial charge is 0.274 e. The van der Waals surface area contributed by atoms with E-state index in [4.69, 9.17) is 14.6 Å². The van der Waals surface area contributed by atoms with Gasteiger partial charge in [0.05, 0.1) is 34.9 Å². The first-order valence-corrected chi connectivity index (χ1v) is 10.5. The fourth-order valence-electron chi connectivity index (χ4n) is 4.79. The van der Waals surface area contributed by atoms with E-state index < -0.39 is 5.91 Å². The van der Waals surface area contributed by atoms with Gasteiger partial charge in [-0.15, -0.1) is 0 Å². The molecule has 1 aromatic carbocycles. The maximum absolute atomic E-state index is 13.1. The van der Waals surface area contributed by atoms with Crippen molar-refractivity contribution < 1.29 is 14.3 Å². The van der Waals surface area contributed by atoms with Crippen molar-refractivity contribution in [2.45, 2.75) is 50.9 Å². The highest BCUT2D eigenvalue weighted by Crippen LogP contribution is 2.55. The van der Waals surface area contributed by atoms with Crippen LogP contribution in [0.25, 0.3) is 10.9 Å². The lowest BCUT2D eigenvalue weighted by Crippen LogP contribution is -2.49. The molecular formula is C23H26N4O4. The fourth-order valence-corrected chi connectivity index (χ4v) is 4.79. The van der Waals surface area contributed by atoms with Gasteiger partial charge in [-0.3, -0.25) is 14.3 Å². The Morgan fingerprint density at radius 2 is 2.10 bits per heavy atom. The van der Waals surface area contributed by atoms with E-state index in [1.165, 1.54) is 4.57 Å². The molecule has 1 N–H and O–H groups in total. The van der Waals surface area contributed by atoms with Crippen LogP contribution in [0, 0.1) is 0 Å². The molecule has 0 unspecified atom stereocenters. The summed E-state index contributed by atoms with van der Waals surface area (Å²) in [6.45, 7) is 6.59. The van der Waals surface area contributed by atoms with Crippen molar-refractivity contribution in [3.8, 4) is 5.75 Å². The highest BCUT2D eigenvalue weighted by atomic mass is 16.5. The molecule has 8 heteroatoms. The number of hydrogen-bond donors (Lipinski definition) is 1. The lowest BCUT2D eigenvalue weighted by atomic mass is 9.69. The van der Waals surface area contributed by atoms with Crippen molar-refractivity contribution in [3.63, 3.8) is 0 Å². The minimum atomic E-state index is -0.396. The van der Waals surface area contributed by atoms with Crippen LogP contribution in [0.1, 0.15) is 44.0 Å². The van der Waals surface area contributed by atoms with E-state index in [1.807, 2.05) is 24.7 Å². The van der Waals surface area contributed by atoms with Crippen molar-refractivity contribution in [3.05, 3.63) is 52.6 Å². The summed E-state index contributed by atoms with van der Waals surface area (Å²) < 4.78 is 15.3. The Morgan fingerprint density at radius 1 is 1.32 bits per heavy atom. The highest BCUT2D eigenvalue weighted by Gasteiger charge is 2.61. The minimum absolute atomic E-state index is 0.0447. The summed E-state index contributed by atoms with van der Waals surface area (Å²) in [5.41, 5.74) is 0.923. The monoisotopic (exact) mass is 422 g/mol. The maximum atomic E-state index is 13.1. The van der Waals surface area contributed by atoms with Crippen molar-refractivity contribution in [2.24, 2.45) is 7.05 Å². The fraction of sp³-hybridized carbons (Fsp3) is 0.435. The zero-order valence-electron chi connectivity index (χ0n) is 18.1. The number of carbonyl (C=O) groups excluding carboxylic acids is 1. The van der Waals surface area contributed by atoms with Gasteiger partial charge in [-0.05, 0) is 39.0 Å². The largest absolute Gasteiger partial charge is 0.490 e. The summed E-state index contributed by atoms with van der Waals surface area (Å²) in [6, 6.07) is 6.88. The van der Waals surface area contributed by atoms with Crippen LogP contribution in [0.2, 0.25) is 0 Å². The first-order valence-electron chi connectivity index (χ1n) is 10.5. The zero-order valence-corrected chi connectivity index (χ0v) is 18.1. The molecule has 2 aromatic heterocycles. The molecule has 162 valence electrons. The molecule has 0 spiro atoms. The highest BCUT2D eigenvalue weighted by molar-refractivity contribution is 6.08. The molecule has 1 aliphatic carbocycles. The van der Waals surface area contributed by atoms with Gasteiger partial charge in [0.25, 0.3) is 11.5 Å². The van der Waals surface area contributed by atoms with Gasteiger partial charge in [0.15, 0.2) is 0 Å². The van der Waals surface area contributed by atoms with Crippen LogP contribution in [0.3, 0.4) is 0 Å². The molecule has 3 aliphatic rings. The Kier molecular flexibility index (Phi) is 4.27. The first-order chi connectivity index (χ1) is 14.7. The Balaban J connectivity index is 1.53. The van der Waals surface area contributed by atoms with Crippen molar-refractivity contribution >= 4 is 22.5 Å². The van der Waals surface area contributed by atoms with Crippen LogP contribution in [0.15, 0.2) is 41.5 Å². The lowest BCUT2D eigenvalue weighted by Gasteiger charge is -2.42. The third-order valence-corrected chi connectivity index (χ3v) is 6.17. The molecule has 2 saturated heterocycles. The maximum Gasteiger partial charge on any atom is 0.274 e. The summed E-state index contributed by atoms with van der Waals surface area (Å²) in [6.07, 6.45) is 5.37. The molecule has 2 bridgehead atoms. The van der Waals surface area contributed by atoms with E-state index in [-0.39, 0.29) is 28.5 Å². The average Bonchev–Trinajstić information content (AvgIpc) is 3.34. The van der Waals surface area contributed by atoms with E-state index >= 15 is 0 Å². The van der Waals surface area contributed by atoms with Gasteiger partial charge in [-0.2, -0.15) is 5.10 Å². The molecule has 1 saturated carbocycles. The molecule has 1 amide bonds. The molecule has 4 heterocycles. The lowest BCUT2D eigenvalue weighted by molar-refractivity contribution is 0.00383. The molecule has 3 aromatic rings. The minimum Gasteiger partial charge on any atom is -0.490 e. The molecule has 2 aliphatic heterocycles. The van der Waals surface area contributed by atoms with Gasteiger partial charge in [0, 0.05) is 43.7 Å². The third-order valence-electron chi connectivity index (χ3n) is 6.17. The van der Waals surface area contributed by atoms with Gasteiger partial charge in [-0.1, -0.05) is 0 Å². The molecule has 31 heavy (non-hydrogen) atoms. The third kappa shape index (κ3) is 3.22. The summed E-state index contributed by atoms with van der Waals surface area (Å²) in [5, 5.41) is 8.36. The van der Waals surface area contributed by atoms with Gasteiger partial charge >= 0.3 is 0 Å². The Labute approximate surface area is 179 Å². The van der Waals surface area contributed by atoms with Crippen LogP contribution in [-0.2, 0) is 17.3 Å². The number of carbonyl (C=O) groups is 1. The molecule has 3 fully saturated rings. The van der Waals surface area contributed by atoms with Crippen molar-refractivity contribution in [1.29, 1.82) is 0 Å². The van der Waals surface area contributed by atoms with Crippen LogP contribution in [-0.4, -0.2) is 38.6 Å². The second-order valence-electron chi connectivity index (χ2n) is 9.26. The first kappa shape index (κ1) is 19.8. The van der Waals surface area contributed by atoms with Crippen molar-refractivity contribution in [1.82, 2.24) is 14.3 Å². The van der Waals surface area contributed by atoms with Crippen LogP contribution < -0.4 is 15.6 Å². The number of aromatic nitrogens is 3. The second-order valence-corrected chi connectivity index (χ2v) is 9.26. The number of amides is 1. The number of nitrogens with one attached hydrogen (secondary N) is 1. The molecule has 0 radical (unpaired) electrons. The predicted molar refractivity (Wildman–Crippen MR) is 117 cm³/mol. The standard InChI is InChI=1S/C23H26N4O4/c1-14(2)31-19-9-18-15(10-27(25-18)23-11-22(3,12-23)30-13-23)8-16(19)20(28)24-17-6-5-7-26(4)21(17)29/h5-10,14H,11-13H2,1-4H3,(H,24,28). The number of rotatable bonds is 5.